The van der Waals surface area contributed by atoms with Gasteiger partial charge in [-0.1, -0.05) is 24.3 Å². The molecule has 0 saturated carbocycles. The smallest absolute Gasteiger partial charge is 0.410 e. The monoisotopic (exact) mass is 605 g/mol. The average Bonchev–Trinajstić information content (AvgIpc) is 3.26. The minimum absolute atomic E-state index is 0.00379. The normalized spacial score (nSPS) is 18.4. The Morgan fingerprint density at radius 2 is 1.77 bits per heavy atom. The topological polar surface area (TPSA) is 119 Å². The fourth-order valence-electron chi connectivity index (χ4n) is 6.07. The molecule has 2 unspecified atom stereocenters. The predicted octanol–water partition coefficient (Wildman–Crippen LogP) is 5.28. The summed E-state index contributed by atoms with van der Waals surface area (Å²) in [5, 5.41) is 12.3. The van der Waals surface area contributed by atoms with Crippen LogP contribution >= 0.6 is 0 Å². The summed E-state index contributed by atoms with van der Waals surface area (Å²) in [5.74, 6) is -0.219. The highest BCUT2D eigenvalue weighted by atomic mass is 19.1. The molecule has 2 aromatic carbocycles. The molecule has 2 aliphatic heterocycles. The molecule has 1 amide bonds. The van der Waals surface area contributed by atoms with Gasteiger partial charge in [0.25, 0.3) is 0 Å². The molecule has 2 saturated heterocycles. The van der Waals surface area contributed by atoms with E-state index in [1.54, 1.807) is 12.3 Å². The van der Waals surface area contributed by atoms with E-state index >= 15 is 4.39 Å². The number of phenols is 1. The number of methoxy groups -OCH3 is 2. The summed E-state index contributed by atoms with van der Waals surface area (Å²) in [6, 6.07) is 10.3. The van der Waals surface area contributed by atoms with Crippen molar-refractivity contribution in [2.24, 2.45) is 0 Å². The van der Waals surface area contributed by atoms with E-state index < -0.39 is 17.7 Å². The van der Waals surface area contributed by atoms with Crippen LogP contribution in [0.25, 0.3) is 32.9 Å². The molecule has 0 radical (unpaired) electrons. The number of nitrogens with zero attached hydrogens (tertiary/aromatic N) is 5. The summed E-state index contributed by atoms with van der Waals surface area (Å²) in [4.78, 5) is 30.6. The van der Waals surface area contributed by atoms with Crippen LogP contribution in [0.5, 0.6) is 11.8 Å². The van der Waals surface area contributed by atoms with Crippen molar-refractivity contribution in [3.63, 3.8) is 0 Å². The molecular formula is C32H36FN5O6. The van der Waals surface area contributed by atoms with Crippen LogP contribution in [0.2, 0.25) is 0 Å². The van der Waals surface area contributed by atoms with Crippen LogP contribution < -0.4 is 9.64 Å². The molecule has 2 bridgehead atoms. The Bertz CT molecular complexity index is 1690. The quantitative estimate of drug-likeness (QED) is 0.279. The molecular weight excluding hydrogens is 569 g/mol. The van der Waals surface area contributed by atoms with Crippen molar-refractivity contribution in [1.29, 1.82) is 0 Å². The first kappa shape index (κ1) is 29.8. The molecule has 12 heteroatoms. The number of carbonyl (C=O) groups excluding carboxylic acids is 1. The van der Waals surface area contributed by atoms with E-state index in [0.29, 0.717) is 29.9 Å². The molecule has 1 N–H and O–H groups in total. The Morgan fingerprint density at radius 3 is 2.45 bits per heavy atom. The second kappa shape index (κ2) is 11.7. The van der Waals surface area contributed by atoms with Gasteiger partial charge in [0, 0.05) is 39.1 Å². The molecule has 2 atom stereocenters. The summed E-state index contributed by atoms with van der Waals surface area (Å²) in [6.45, 7) is 6.48. The third-order valence-corrected chi connectivity index (χ3v) is 8.01. The Morgan fingerprint density at radius 1 is 1.07 bits per heavy atom. The molecule has 4 heterocycles. The third kappa shape index (κ3) is 5.67. The number of benzene rings is 2. The third-order valence-electron chi connectivity index (χ3n) is 8.01. The molecule has 0 spiro atoms. The van der Waals surface area contributed by atoms with Gasteiger partial charge in [0.05, 0.1) is 17.5 Å². The van der Waals surface area contributed by atoms with Crippen molar-refractivity contribution in [2.75, 3.05) is 38.8 Å². The minimum Gasteiger partial charge on any atom is -0.508 e. The van der Waals surface area contributed by atoms with E-state index in [-0.39, 0.29) is 47.8 Å². The van der Waals surface area contributed by atoms with Crippen LogP contribution in [0.3, 0.4) is 0 Å². The summed E-state index contributed by atoms with van der Waals surface area (Å²) in [5.41, 5.74) is -0.102. The van der Waals surface area contributed by atoms with Gasteiger partial charge in [-0.05, 0) is 56.5 Å². The first-order valence-corrected chi connectivity index (χ1v) is 14.6. The average molecular weight is 606 g/mol. The fraction of sp³-hybridized carbons (Fsp3) is 0.438. The van der Waals surface area contributed by atoms with Crippen LogP contribution in [-0.4, -0.2) is 88.9 Å². The summed E-state index contributed by atoms with van der Waals surface area (Å²) >= 11 is 0. The highest BCUT2D eigenvalue weighted by Crippen LogP contribution is 2.39. The fourth-order valence-corrected chi connectivity index (χ4v) is 6.07. The second-order valence-corrected chi connectivity index (χ2v) is 12.1. The number of phenolic OH excluding ortho intramolecular Hbond substituents is 1. The largest absolute Gasteiger partial charge is 0.508 e. The Hall–Kier alpha value is -4.29. The van der Waals surface area contributed by atoms with E-state index in [1.807, 2.05) is 54.8 Å². The number of aromatic hydroxyl groups is 1. The Balaban J connectivity index is 1.43. The number of hydrogen-bond donors (Lipinski definition) is 1. The number of piperazine rings is 1. The molecule has 2 fully saturated rings. The van der Waals surface area contributed by atoms with Gasteiger partial charge in [-0.15, -0.1) is 0 Å². The van der Waals surface area contributed by atoms with Gasteiger partial charge in [0.2, 0.25) is 0 Å². The maximum atomic E-state index is 16.5. The molecule has 0 aliphatic carbocycles. The van der Waals surface area contributed by atoms with Gasteiger partial charge in [0.1, 0.15) is 35.0 Å². The Labute approximate surface area is 254 Å². The second-order valence-electron chi connectivity index (χ2n) is 12.1. The summed E-state index contributed by atoms with van der Waals surface area (Å²) in [7, 11) is 2.97. The Kier molecular flexibility index (Phi) is 7.89. The number of pyridine rings is 1. The van der Waals surface area contributed by atoms with Gasteiger partial charge in [0.15, 0.2) is 12.1 Å². The lowest BCUT2D eigenvalue weighted by molar-refractivity contribution is -0.123. The molecule has 44 heavy (non-hydrogen) atoms. The van der Waals surface area contributed by atoms with Crippen molar-refractivity contribution in [3.05, 3.63) is 48.4 Å². The number of aromatic nitrogens is 3. The summed E-state index contributed by atoms with van der Waals surface area (Å²) in [6.07, 6.45) is 2.18. The number of carbonyl (C=O) groups is 1. The standard InChI is InChI=1S/C32H36FN5O6/c1-32(2,3)44-31(40)38-19-10-11-20(38)16-37(15-19)29-24-14-34-27(23-13-21(39)12-18-8-6-7-9-22(18)23)26(33)28(24)35-30(36-29)43-17-25(41-4)42-5/h6-9,12-14,19-20,25,39H,10-11,15-17H2,1-5H3. The molecule has 2 aliphatic rings. The molecule has 2 aromatic heterocycles. The van der Waals surface area contributed by atoms with Crippen molar-refractivity contribution in [2.45, 2.75) is 57.6 Å². The van der Waals surface area contributed by atoms with Crippen molar-refractivity contribution < 1.29 is 33.2 Å². The van der Waals surface area contributed by atoms with Crippen LogP contribution in [0.1, 0.15) is 33.6 Å². The van der Waals surface area contributed by atoms with Crippen molar-refractivity contribution in [3.8, 4) is 23.0 Å². The van der Waals surface area contributed by atoms with Crippen LogP contribution in [0, 0.1) is 5.82 Å². The van der Waals surface area contributed by atoms with Gasteiger partial charge >= 0.3 is 12.1 Å². The van der Waals surface area contributed by atoms with Gasteiger partial charge in [-0.25, -0.2) is 9.18 Å². The van der Waals surface area contributed by atoms with Gasteiger partial charge in [-0.2, -0.15) is 9.97 Å². The van der Waals surface area contributed by atoms with E-state index in [9.17, 15) is 9.90 Å². The van der Waals surface area contributed by atoms with Gasteiger partial charge < -0.3 is 29.0 Å². The maximum Gasteiger partial charge on any atom is 0.410 e. The number of hydrogen-bond acceptors (Lipinski definition) is 10. The number of fused-ring (bicyclic) bond motifs is 4. The maximum absolute atomic E-state index is 16.5. The zero-order chi connectivity index (χ0) is 31.2. The first-order valence-electron chi connectivity index (χ1n) is 14.6. The predicted molar refractivity (Wildman–Crippen MR) is 162 cm³/mol. The molecule has 4 aromatic rings. The molecule has 6 rings (SSSR count). The van der Waals surface area contributed by atoms with E-state index in [1.165, 1.54) is 20.3 Å². The number of anilines is 1. The lowest BCUT2D eigenvalue weighted by Gasteiger charge is -2.42. The lowest BCUT2D eigenvalue weighted by Crippen LogP contribution is -2.57. The highest BCUT2D eigenvalue weighted by molar-refractivity contribution is 6.00. The highest BCUT2D eigenvalue weighted by Gasteiger charge is 2.45. The number of ether oxygens (including phenoxy) is 4. The first-order chi connectivity index (χ1) is 21.1. The van der Waals surface area contributed by atoms with Crippen LogP contribution in [-0.2, 0) is 14.2 Å². The van der Waals surface area contributed by atoms with Crippen LogP contribution in [0.4, 0.5) is 15.0 Å². The zero-order valence-corrected chi connectivity index (χ0v) is 25.4. The van der Waals surface area contributed by atoms with Gasteiger partial charge in [-0.3, -0.25) is 9.88 Å². The van der Waals surface area contributed by atoms with E-state index in [2.05, 4.69) is 9.97 Å². The number of rotatable bonds is 7. The molecule has 11 nitrogen and oxygen atoms in total. The summed E-state index contributed by atoms with van der Waals surface area (Å²) < 4.78 is 38.6. The minimum atomic E-state index is -0.678. The van der Waals surface area contributed by atoms with Crippen molar-refractivity contribution in [1.82, 2.24) is 19.9 Å². The van der Waals surface area contributed by atoms with E-state index in [4.69, 9.17) is 23.9 Å². The van der Waals surface area contributed by atoms with Crippen LogP contribution in [0.15, 0.2) is 42.6 Å². The number of halogens is 1. The number of amides is 1. The van der Waals surface area contributed by atoms with Crippen molar-refractivity contribution >= 4 is 33.6 Å². The SMILES string of the molecule is COC(COc1nc(N2CC3CCC(C2)N3C(=O)OC(C)(C)C)c2cnc(-c3cc(O)cc4ccccc34)c(F)c2n1)OC. The van der Waals surface area contributed by atoms with E-state index in [0.717, 1.165) is 23.6 Å². The lowest BCUT2D eigenvalue weighted by atomic mass is 10.00. The zero-order valence-electron chi connectivity index (χ0n) is 25.4. The molecule has 232 valence electrons.